The summed E-state index contributed by atoms with van der Waals surface area (Å²) in [6.07, 6.45) is 3.64. The number of nitro benzene ring substituents is 1. The van der Waals surface area contributed by atoms with E-state index in [1.807, 2.05) is 12.1 Å². The molecule has 0 unspecified atom stereocenters. The number of rotatable bonds is 8. The molecule has 0 aromatic heterocycles. The van der Waals surface area contributed by atoms with Gasteiger partial charge in [0.15, 0.2) is 0 Å². The Morgan fingerprint density at radius 2 is 1.50 bits per heavy atom. The molecule has 3 aromatic rings. The number of hydrogen-bond donors (Lipinski definition) is 2. The van der Waals surface area contributed by atoms with Crippen LogP contribution in [0.1, 0.15) is 44.7 Å². The second-order valence-corrected chi connectivity index (χ2v) is 8.31. The van der Waals surface area contributed by atoms with Gasteiger partial charge in [-0.15, -0.1) is 0 Å². The third kappa shape index (κ3) is 5.40. The smallest absolute Gasteiger partial charge is 0.335 e. The zero-order chi connectivity index (χ0) is 24.1. The van der Waals surface area contributed by atoms with Crippen molar-refractivity contribution in [3.05, 3.63) is 99.1 Å². The highest BCUT2D eigenvalue weighted by Crippen LogP contribution is 2.28. The minimum Gasteiger partial charge on any atom is -0.478 e. The number of carboxylic acids is 1. The molecule has 0 atom stereocenters. The summed E-state index contributed by atoms with van der Waals surface area (Å²) in [4.78, 5) is 36.9. The zero-order valence-electron chi connectivity index (χ0n) is 18.6. The summed E-state index contributed by atoms with van der Waals surface area (Å²) in [6.45, 7) is 1.76. The van der Waals surface area contributed by atoms with Gasteiger partial charge >= 0.3 is 5.97 Å². The maximum absolute atomic E-state index is 12.9. The number of nitro groups is 1. The van der Waals surface area contributed by atoms with Crippen molar-refractivity contribution < 1.29 is 19.6 Å². The monoisotopic (exact) mass is 459 g/mol. The van der Waals surface area contributed by atoms with Gasteiger partial charge in [-0.05, 0) is 73.2 Å². The van der Waals surface area contributed by atoms with Crippen molar-refractivity contribution in [1.82, 2.24) is 0 Å². The van der Waals surface area contributed by atoms with E-state index in [2.05, 4.69) is 10.2 Å². The van der Waals surface area contributed by atoms with Crippen molar-refractivity contribution in [3.8, 4) is 0 Å². The maximum Gasteiger partial charge on any atom is 0.335 e. The maximum atomic E-state index is 12.9. The lowest BCUT2D eigenvalue weighted by atomic mass is 10.0. The lowest BCUT2D eigenvalue weighted by molar-refractivity contribution is -0.385. The number of nitrogens with zero attached hydrogens (tertiary/aromatic N) is 2. The first-order valence-electron chi connectivity index (χ1n) is 11.2. The van der Waals surface area contributed by atoms with Crippen molar-refractivity contribution in [2.45, 2.75) is 25.7 Å². The van der Waals surface area contributed by atoms with E-state index in [0.29, 0.717) is 5.69 Å². The molecule has 174 valence electrons. The van der Waals surface area contributed by atoms with E-state index >= 15 is 0 Å². The molecule has 1 heterocycles. The number of carboxylic acid groups (broad SMARTS) is 1. The lowest BCUT2D eigenvalue weighted by Gasteiger charge is -2.18. The molecular weight excluding hydrogens is 434 g/mol. The average Bonchev–Trinajstić information content (AvgIpc) is 3.38. The number of nitrogens with one attached hydrogen (secondary N) is 1. The molecule has 0 radical (unpaired) electrons. The van der Waals surface area contributed by atoms with Crippen molar-refractivity contribution in [2.24, 2.45) is 0 Å². The number of carbonyl (C=O) groups is 2. The summed E-state index contributed by atoms with van der Waals surface area (Å²) >= 11 is 0. The summed E-state index contributed by atoms with van der Waals surface area (Å²) in [7, 11) is 0. The Labute approximate surface area is 197 Å². The molecule has 3 aromatic carbocycles. The molecule has 1 saturated heterocycles. The van der Waals surface area contributed by atoms with Gasteiger partial charge in [-0.1, -0.05) is 24.3 Å². The van der Waals surface area contributed by atoms with Gasteiger partial charge in [0.25, 0.3) is 11.6 Å². The van der Waals surface area contributed by atoms with Crippen LogP contribution < -0.4 is 10.2 Å². The number of aryl methyl sites for hydroxylation is 2. The first kappa shape index (κ1) is 23.0. The van der Waals surface area contributed by atoms with Gasteiger partial charge < -0.3 is 15.3 Å². The second-order valence-electron chi connectivity index (χ2n) is 8.31. The van der Waals surface area contributed by atoms with Crippen LogP contribution >= 0.6 is 0 Å². The molecule has 1 aliphatic rings. The summed E-state index contributed by atoms with van der Waals surface area (Å²) in [5, 5.41) is 23.2. The van der Waals surface area contributed by atoms with Gasteiger partial charge in [-0.2, -0.15) is 0 Å². The fraction of sp³-hybridized carbons (Fsp3) is 0.231. The van der Waals surface area contributed by atoms with Crippen molar-refractivity contribution in [1.29, 1.82) is 0 Å². The minimum absolute atomic E-state index is 0.0447. The number of benzene rings is 3. The highest BCUT2D eigenvalue weighted by molar-refractivity contribution is 6.07. The number of anilines is 2. The van der Waals surface area contributed by atoms with Gasteiger partial charge in [-0.3, -0.25) is 14.9 Å². The summed E-state index contributed by atoms with van der Waals surface area (Å²) in [5.41, 5.74) is 3.56. The minimum atomic E-state index is -0.947. The Morgan fingerprint density at radius 3 is 2.06 bits per heavy atom. The molecule has 4 rings (SSSR count). The van der Waals surface area contributed by atoms with Crippen LogP contribution in [0.5, 0.6) is 0 Å². The second kappa shape index (κ2) is 10.2. The summed E-state index contributed by atoms with van der Waals surface area (Å²) in [6, 6.07) is 18.8. The zero-order valence-corrected chi connectivity index (χ0v) is 18.6. The van der Waals surface area contributed by atoms with Crippen LogP contribution in [0.15, 0.2) is 66.7 Å². The number of aromatic carboxylic acids is 1. The third-order valence-electron chi connectivity index (χ3n) is 6.01. The normalized spacial score (nSPS) is 13.0. The van der Waals surface area contributed by atoms with Crippen LogP contribution in [0.3, 0.4) is 0 Å². The quantitative estimate of drug-likeness (QED) is 0.365. The van der Waals surface area contributed by atoms with Crippen LogP contribution in [-0.2, 0) is 12.8 Å². The van der Waals surface area contributed by atoms with Gasteiger partial charge in [0.05, 0.1) is 10.5 Å². The predicted octanol–water partition coefficient (Wildman–Crippen LogP) is 4.93. The van der Waals surface area contributed by atoms with Gasteiger partial charge in [-0.25, -0.2) is 4.79 Å². The van der Waals surface area contributed by atoms with Crippen LogP contribution in [0.2, 0.25) is 0 Å². The van der Waals surface area contributed by atoms with Crippen LogP contribution in [0, 0.1) is 10.1 Å². The Morgan fingerprint density at radius 1 is 0.912 bits per heavy atom. The van der Waals surface area contributed by atoms with E-state index in [4.69, 9.17) is 5.11 Å². The molecule has 0 aliphatic carbocycles. The van der Waals surface area contributed by atoms with E-state index in [9.17, 15) is 19.7 Å². The standard InChI is InChI=1S/C26H25N3O5/c30-25(23-17-22(28-15-1-2-16-28)13-14-24(23)29(33)34)27-21-11-7-19(8-12-21)4-3-18-5-9-20(10-6-18)26(31)32/h5-14,17H,1-4,15-16H2,(H,27,30)(H,31,32). The Bertz CT molecular complexity index is 1200. The molecular formula is C26H25N3O5. The van der Waals surface area contributed by atoms with E-state index in [-0.39, 0.29) is 16.8 Å². The highest BCUT2D eigenvalue weighted by Gasteiger charge is 2.23. The molecule has 1 amide bonds. The van der Waals surface area contributed by atoms with E-state index < -0.39 is 16.8 Å². The van der Waals surface area contributed by atoms with Crippen LogP contribution in [0.4, 0.5) is 17.1 Å². The average molecular weight is 460 g/mol. The predicted molar refractivity (Wildman–Crippen MR) is 130 cm³/mol. The molecule has 1 aliphatic heterocycles. The van der Waals surface area contributed by atoms with Crippen molar-refractivity contribution >= 4 is 28.9 Å². The summed E-state index contributed by atoms with van der Waals surface area (Å²) in [5.74, 6) is -1.46. The largest absolute Gasteiger partial charge is 0.478 e. The number of hydrogen-bond acceptors (Lipinski definition) is 5. The molecule has 8 heteroatoms. The molecule has 8 nitrogen and oxygen atoms in total. The van der Waals surface area contributed by atoms with Crippen LogP contribution in [-0.4, -0.2) is 35.0 Å². The SMILES string of the molecule is O=C(O)c1ccc(CCc2ccc(NC(=O)c3cc(N4CCCC4)ccc3[N+](=O)[O-])cc2)cc1. The van der Waals surface area contributed by atoms with Crippen molar-refractivity contribution in [3.63, 3.8) is 0 Å². The fourth-order valence-electron chi connectivity index (χ4n) is 4.09. The molecule has 0 bridgehead atoms. The van der Waals surface area contributed by atoms with Gasteiger partial charge in [0.2, 0.25) is 0 Å². The third-order valence-corrected chi connectivity index (χ3v) is 6.01. The topological polar surface area (TPSA) is 113 Å². The first-order valence-corrected chi connectivity index (χ1v) is 11.2. The van der Waals surface area contributed by atoms with Gasteiger partial charge in [0, 0.05) is 30.5 Å². The van der Waals surface area contributed by atoms with E-state index in [1.165, 1.54) is 6.07 Å². The van der Waals surface area contributed by atoms with Gasteiger partial charge in [0.1, 0.15) is 5.56 Å². The Balaban J connectivity index is 1.41. The van der Waals surface area contributed by atoms with Crippen molar-refractivity contribution in [2.75, 3.05) is 23.3 Å². The van der Waals surface area contributed by atoms with E-state index in [0.717, 1.165) is 55.6 Å². The number of amides is 1. The Kier molecular flexibility index (Phi) is 6.87. The first-order chi connectivity index (χ1) is 16.4. The van der Waals surface area contributed by atoms with E-state index in [1.54, 1.807) is 48.5 Å². The molecule has 0 spiro atoms. The fourth-order valence-corrected chi connectivity index (χ4v) is 4.09. The molecule has 2 N–H and O–H groups in total. The summed E-state index contributed by atoms with van der Waals surface area (Å²) < 4.78 is 0. The highest BCUT2D eigenvalue weighted by atomic mass is 16.6. The molecule has 1 fully saturated rings. The number of carbonyl (C=O) groups excluding carboxylic acids is 1. The molecule has 0 saturated carbocycles. The van der Waals surface area contributed by atoms with Crippen LogP contribution in [0.25, 0.3) is 0 Å². The Hall–Kier alpha value is -4.20. The molecule has 34 heavy (non-hydrogen) atoms. The lowest BCUT2D eigenvalue weighted by Crippen LogP contribution is -2.19.